The van der Waals surface area contributed by atoms with Gasteiger partial charge in [-0.05, 0) is 26.0 Å². The van der Waals surface area contributed by atoms with Crippen LogP contribution in [0.1, 0.15) is 22.3 Å². The molecule has 3 rings (SSSR count). The molecule has 2 N–H and O–H groups in total. The lowest BCUT2D eigenvalue weighted by Gasteiger charge is -2.30. The predicted molar refractivity (Wildman–Crippen MR) is 80.1 cm³/mol. The molecule has 0 saturated carbocycles. The Hall–Kier alpha value is -1.66. The number of aromatic nitrogens is 1. The van der Waals surface area contributed by atoms with Gasteiger partial charge in [-0.25, -0.2) is 4.98 Å². The highest BCUT2D eigenvalue weighted by Crippen LogP contribution is 2.33. The standard InChI is InChI=1S/C14H17N3O2S/c1-8-3-4-10-11(15)12(20-13(10)16-8)14(18)17-5-6-19-9(2)7-17/h3-4,9H,5-7,15H2,1-2H3. The Labute approximate surface area is 121 Å². The number of nitrogens with two attached hydrogens (primary N) is 1. The van der Waals surface area contributed by atoms with Crippen LogP contribution in [-0.4, -0.2) is 41.6 Å². The molecule has 20 heavy (non-hydrogen) atoms. The maximum Gasteiger partial charge on any atom is 0.266 e. The van der Waals surface area contributed by atoms with Crippen molar-refractivity contribution in [1.82, 2.24) is 9.88 Å². The summed E-state index contributed by atoms with van der Waals surface area (Å²) in [7, 11) is 0. The minimum absolute atomic E-state index is 0.0155. The first-order valence-corrected chi connectivity index (χ1v) is 7.44. The summed E-state index contributed by atoms with van der Waals surface area (Å²) >= 11 is 1.37. The molecule has 1 aliphatic rings. The predicted octanol–water partition coefficient (Wildman–Crippen LogP) is 2.05. The van der Waals surface area contributed by atoms with Gasteiger partial charge in [0.05, 0.1) is 18.4 Å². The fourth-order valence-electron chi connectivity index (χ4n) is 2.39. The molecular formula is C14H17N3O2S. The molecule has 1 saturated heterocycles. The molecule has 2 aromatic rings. The molecule has 2 aromatic heterocycles. The van der Waals surface area contributed by atoms with Crippen LogP contribution in [0.15, 0.2) is 12.1 Å². The van der Waals surface area contributed by atoms with E-state index in [1.54, 1.807) is 0 Å². The number of pyridine rings is 1. The van der Waals surface area contributed by atoms with Gasteiger partial charge in [0.2, 0.25) is 0 Å². The van der Waals surface area contributed by atoms with Crippen molar-refractivity contribution in [3.8, 4) is 0 Å². The molecule has 3 heterocycles. The number of carbonyl (C=O) groups is 1. The van der Waals surface area contributed by atoms with Crippen molar-refractivity contribution < 1.29 is 9.53 Å². The van der Waals surface area contributed by atoms with Crippen LogP contribution in [0.3, 0.4) is 0 Å². The molecule has 106 valence electrons. The molecule has 0 bridgehead atoms. The highest BCUT2D eigenvalue weighted by molar-refractivity contribution is 7.21. The van der Waals surface area contributed by atoms with Gasteiger partial charge in [0.1, 0.15) is 9.71 Å². The van der Waals surface area contributed by atoms with Crippen LogP contribution in [0.5, 0.6) is 0 Å². The van der Waals surface area contributed by atoms with Crippen molar-refractivity contribution in [3.63, 3.8) is 0 Å². The van der Waals surface area contributed by atoms with E-state index in [0.29, 0.717) is 30.3 Å². The smallest absolute Gasteiger partial charge is 0.266 e. The third kappa shape index (κ3) is 2.25. The minimum atomic E-state index is -0.0155. The van der Waals surface area contributed by atoms with Crippen LogP contribution in [0, 0.1) is 6.92 Å². The summed E-state index contributed by atoms with van der Waals surface area (Å²) in [5.41, 5.74) is 7.59. The SMILES string of the molecule is Cc1ccc2c(N)c(C(=O)N3CCOC(C)C3)sc2n1. The summed E-state index contributed by atoms with van der Waals surface area (Å²) in [4.78, 5) is 20.3. The minimum Gasteiger partial charge on any atom is -0.397 e. The van der Waals surface area contributed by atoms with E-state index in [2.05, 4.69) is 4.98 Å². The van der Waals surface area contributed by atoms with Crippen molar-refractivity contribution in [2.75, 3.05) is 25.4 Å². The first kappa shape index (κ1) is 13.3. The van der Waals surface area contributed by atoms with E-state index >= 15 is 0 Å². The number of nitrogen functional groups attached to an aromatic ring is 1. The Morgan fingerprint density at radius 3 is 3.10 bits per heavy atom. The number of fused-ring (bicyclic) bond motifs is 1. The molecule has 1 unspecified atom stereocenters. The summed E-state index contributed by atoms with van der Waals surface area (Å²) in [6, 6.07) is 3.85. The Morgan fingerprint density at radius 1 is 1.55 bits per heavy atom. The van der Waals surface area contributed by atoms with Crippen LogP contribution in [0.2, 0.25) is 0 Å². The average Bonchev–Trinajstić information content (AvgIpc) is 2.74. The van der Waals surface area contributed by atoms with Gasteiger partial charge < -0.3 is 15.4 Å². The van der Waals surface area contributed by atoms with Gasteiger partial charge in [0.15, 0.2) is 0 Å². The number of aryl methyl sites for hydroxylation is 1. The zero-order valence-corrected chi connectivity index (χ0v) is 12.4. The van der Waals surface area contributed by atoms with Crippen molar-refractivity contribution in [1.29, 1.82) is 0 Å². The number of anilines is 1. The van der Waals surface area contributed by atoms with E-state index in [1.807, 2.05) is 30.9 Å². The van der Waals surface area contributed by atoms with E-state index < -0.39 is 0 Å². The van der Waals surface area contributed by atoms with Gasteiger partial charge >= 0.3 is 0 Å². The monoisotopic (exact) mass is 291 g/mol. The Balaban J connectivity index is 1.97. The first-order chi connectivity index (χ1) is 9.56. The largest absolute Gasteiger partial charge is 0.397 e. The average molecular weight is 291 g/mol. The van der Waals surface area contributed by atoms with Gasteiger partial charge in [0.25, 0.3) is 5.91 Å². The van der Waals surface area contributed by atoms with Crippen molar-refractivity contribution in [2.45, 2.75) is 20.0 Å². The van der Waals surface area contributed by atoms with E-state index in [0.717, 1.165) is 15.9 Å². The lowest BCUT2D eigenvalue weighted by Crippen LogP contribution is -2.44. The Kier molecular flexibility index (Phi) is 3.35. The summed E-state index contributed by atoms with van der Waals surface area (Å²) in [6.45, 7) is 5.70. The number of thiophene rings is 1. The van der Waals surface area contributed by atoms with E-state index in [1.165, 1.54) is 11.3 Å². The quantitative estimate of drug-likeness (QED) is 0.873. The molecule has 1 atom stereocenters. The number of amides is 1. The molecule has 6 heteroatoms. The first-order valence-electron chi connectivity index (χ1n) is 6.62. The molecule has 0 aliphatic carbocycles. The zero-order valence-electron chi connectivity index (χ0n) is 11.5. The van der Waals surface area contributed by atoms with Crippen molar-refractivity contribution >= 4 is 33.1 Å². The van der Waals surface area contributed by atoms with Gasteiger partial charge in [-0.15, -0.1) is 11.3 Å². The summed E-state index contributed by atoms with van der Waals surface area (Å²) in [6.07, 6.45) is 0.0728. The maximum absolute atomic E-state index is 12.6. The van der Waals surface area contributed by atoms with Gasteiger partial charge in [-0.2, -0.15) is 0 Å². The maximum atomic E-state index is 12.6. The van der Waals surface area contributed by atoms with Gasteiger partial charge in [0, 0.05) is 24.2 Å². The number of carbonyl (C=O) groups excluding carboxylic acids is 1. The van der Waals surface area contributed by atoms with Crippen LogP contribution in [0.25, 0.3) is 10.2 Å². The topological polar surface area (TPSA) is 68.5 Å². The molecule has 1 fully saturated rings. The van der Waals surface area contributed by atoms with Gasteiger partial charge in [-0.3, -0.25) is 4.79 Å². The number of rotatable bonds is 1. The zero-order chi connectivity index (χ0) is 14.3. The van der Waals surface area contributed by atoms with E-state index in [9.17, 15) is 4.79 Å². The number of hydrogen-bond donors (Lipinski definition) is 1. The van der Waals surface area contributed by atoms with Crippen LogP contribution in [0.4, 0.5) is 5.69 Å². The van der Waals surface area contributed by atoms with Crippen molar-refractivity contribution in [3.05, 3.63) is 22.7 Å². The molecule has 0 spiro atoms. The third-order valence-electron chi connectivity index (χ3n) is 3.46. The van der Waals surface area contributed by atoms with Crippen LogP contribution < -0.4 is 5.73 Å². The molecule has 1 amide bonds. The Morgan fingerprint density at radius 2 is 2.35 bits per heavy atom. The molecular weight excluding hydrogens is 274 g/mol. The van der Waals surface area contributed by atoms with Crippen LogP contribution in [-0.2, 0) is 4.74 Å². The van der Waals surface area contributed by atoms with Gasteiger partial charge in [-0.1, -0.05) is 0 Å². The number of hydrogen-bond acceptors (Lipinski definition) is 5. The third-order valence-corrected chi connectivity index (χ3v) is 4.56. The fourth-order valence-corrected chi connectivity index (χ4v) is 3.50. The second-order valence-electron chi connectivity index (χ2n) is 5.08. The van der Waals surface area contributed by atoms with Crippen LogP contribution >= 0.6 is 11.3 Å². The van der Waals surface area contributed by atoms with E-state index in [4.69, 9.17) is 10.5 Å². The second-order valence-corrected chi connectivity index (χ2v) is 6.08. The fraction of sp³-hybridized carbons (Fsp3) is 0.429. The normalized spacial score (nSPS) is 19.5. The van der Waals surface area contributed by atoms with E-state index in [-0.39, 0.29) is 12.0 Å². The number of ether oxygens (including phenoxy) is 1. The molecule has 0 radical (unpaired) electrons. The summed E-state index contributed by atoms with van der Waals surface area (Å²) < 4.78 is 5.46. The highest BCUT2D eigenvalue weighted by atomic mass is 32.1. The molecule has 1 aliphatic heterocycles. The van der Waals surface area contributed by atoms with Crippen molar-refractivity contribution in [2.24, 2.45) is 0 Å². The lowest BCUT2D eigenvalue weighted by atomic mass is 10.2. The number of nitrogens with zero attached hydrogens (tertiary/aromatic N) is 2. The number of morpholine rings is 1. The molecule has 0 aromatic carbocycles. The molecule has 5 nitrogen and oxygen atoms in total. The Bertz CT molecular complexity index is 668. The lowest BCUT2D eigenvalue weighted by molar-refractivity contribution is -0.0122. The summed E-state index contributed by atoms with van der Waals surface area (Å²) in [5.74, 6) is -0.0155. The highest BCUT2D eigenvalue weighted by Gasteiger charge is 2.26. The second kappa shape index (κ2) is 5.03. The summed E-state index contributed by atoms with van der Waals surface area (Å²) in [5, 5.41) is 0.866.